The highest BCUT2D eigenvalue weighted by atomic mass is 16.5. The molecule has 17 heavy (non-hydrogen) atoms. The number of rotatable bonds is 5. The largest absolute Gasteiger partial charge is 0.377 e. The fraction of sp³-hybridized carbons (Fsp3) is 0.333. The summed E-state index contributed by atoms with van der Waals surface area (Å²) in [5, 5.41) is 3.81. The van der Waals surface area contributed by atoms with Crippen LogP contribution in [0.5, 0.6) is 0 Å². The van der Waals surface area contributed by atoms with Gasteiger partial charge >= 0.3 is 0 Å². The second-order valence-corrected chi connectivity index (χ2v) is 3.68. The van der Waals surface area contributed by atoms with Crippen LogP contribution >= 0.6 is 0 Å². The zero-order chi connectivity index (χ0) is 12.1. The standard InChI is InChI=1S/C12H15N3O2/c1-16-8-11-14-12(17-15-11)10-4-2-9(3-5-10)6-7-13/h2-5H,6-8,13H2,1H3. The van der Waals surface area contributed by atoms with E-state index in [1.54, 1.807) is 7.11 Å². The fourth-order valence-electron chi connectivity index (χ4n) is 1.54. The summed E-state index contributed by atoms with van der Waals surface area (Å²) in [5.74, 6) is 1.06. The van der Waals surface area contributed by atoms with Gasteiger partial charge in [0.25, 0.3) is 5.89 Å². The van der Waals surface area contributed by atoms with Crippen LogP contribution in [0.15, 0.2) is 28.8 Å². The highest BCUT2D eigenvalue weighted by Gasteiger charge is 2.08. The second-order valence-electron chi connectivity index (χ2n) is 3.68. The highest BCUT2D eigenvalue weighted by Crippen LogP contribution is 2.18. The van der Waals surface area contributed by atoms with Gasteiger partial charge in [0.15, 0.2) is 5.82 Å². The van der Waals surface area contributed by atoms with Crippen LogP contribution in [0.3, 0.4) is 0 Å². The Morgan fingerprint density at radius 2 is 2.06 bits per heavy atom. The van der Waals surface area contributed by atoms with Crippen LogP contribution in [0.1, 0.15) is 11.4 Å². The smallest absolute Gasteiger partial charge is 0.258 e. The van der Waals surface area contributed by atoms with Crippen LogP contribution in [-0.2, 0) is 17.8 Å². The fourth-order valence-corrected chi connectivity index (χ4v) is 1.54. The Kier molecular flexibility index (Phi) is 3.85. The van der Waals surface area contributed by atoms with Gasteiger partial charge in [0.05, 0.1) is 0 Å². The van der Waals surface area contributed by atoms with Gasteiger partial charge in [0.1, 0.15) is 6.61 Å². The molecule has 90 valence electrons. The minimum Gasteiger partial charge on any atom is -0.377 e. The molecule has 2 N–H and O–H groups in total. The maximum absolute atomic E-state index is 5.49. The lowest BCUT2D eigenvalue weighted by Crippen LogP contribution is -2.02. The number of benzene rings is 1. The molecular weight excluding hydrogens is 218 g/mol. The van der Waals surface area contributed by atoms with Crippen molar-refractivity contribution < 1.29 is 9.26 Å². The zero-order valence-corrected chi connectivity index (χ0v) is 9.72. The molecule has 0 radical (unpaired) electrons. The molecule has 0 atom stereocenters. The zero-order valence-electron chi connectivity index (χ0n) is 9.72. The topological polar surface area (TPSA) is 74.2 Å². The van der Waals surface area contributed by atoms with E-state index in [2.05, 4.69) is 10.1 Å². The van der Waals surface area contributed by atoms with Crippen molar-refractivity contribution in [3.8, 4) is 11.5 Å². The third kappa shape index (κ3) is 2.89. The molecule has 0 unspecified atom stereocenters. The van der Waals surface area contributed by atoms with Gasteiger partial charge in [-0.05, 0) is 30.7 Å². The number of nitrogens with two attached hydrogens (primary N) is 1. The molecule has 1 aromatic heterocycles. The Morgan fingerprint density at radius 1 is 1.29 bits per heavy atom. The molecule has 0 spiro atoms. The highest BCUT2D eigenvalue weighted by molar-refractivity contribution is 5.53. The number of hydrogen-bond donors (Lipinski definition) is 1. The third-order valence-corrected chi connectivity index (χ3v) is 2.38. The molecule has 1 heterocycles. The summed E-state index contributed by atoms with van der Waals surface area (Å²) in [6.45, 7) is 1.01. The van der Waals surface area contributed by atoms with E-state index in [4.69, 9.17) is 15.0 Å². The lowest BCUT2D eigenvalue weighted by molar-refractivity contribution is 0.174. The average molecular weight is 233 g/mol. The summed E-state index contributed by atoms with van der Waals surface area (Å²) in [7, 11) is 1.59. The summed E-state index contributed by atoms with van der Waals surface area (Å²) >= 11 is 0. The summed E-state index contributed by atoms with van der Waals surface area (Å²) < 4.78 is 10.1. The van der Waals surface area contributed by atoms with Gasteiger partial charge in [-0.25, -0.2) is 0 Å². The van der Waals surface area contributed by atoms with E-state index in [1.165, 1.54) is 5.56 Å². The molecular formula is C12H15N3O2. The molecule has 0 saturated heterocycles. The van der Waals surface area contributed by atoms with Crippen LogP contribution in [0.4, 0.5) is 0 Å². The summed E-state index contributed by atoms with van der Waals surface area (Å²) in [6.07, 6.45) is 0.874. The molecule has 0 fully saturated rings. The van der Waals surface area contributed by atoms with Crippen molar-refractivity contribution in [2.75, 3.05) is 13.7 Å². The van der Waals surface area contributed by atoms with Gasteiger partial charge in [0, 0.05) is 12.7 Å². The molecule has 0 aliphatic rings. The number of nitrogens with zero attached hydrogens (tertiary/aromatic N) is 2. The summed E-state index contributed by atoms with van der Waals surface area (Å²) in [4.78, 5) is 4.22. The van der Waals surface area contributed by atoms with Crippen molar-refractivity contribution >= 4 is 0 Å². The van der Waals surface area contributed by atoms with E-state index in [-0.39, 0.29) is 0 Å². The monoisotopic (exact) mass is 233 g/mol. The molecule has 1 aromatic carbocycles. The van der Waals surface area contributed by atoms with Crippen LogP contribution in [0.25, 0.3) is 11.5 Å². The molecule has 0 aliphatic carbocycles. The Bertz CT molecular complexity index is 465. The summed E-state index contributed by atoms with van der Waals surface area (Å²) in [6, 6.07) is 7.94. The number of methoxy groups -OCH3 is 1. The first-order valence-electron chi connectivity index (χ1n) is 5.44. The SMILES string of the molecule is COCc1noc(-c2ccc(CCN)cc2)n1. The minimum atomic E-state index is 0.356. The third-order valence-electron chi connectivity index (χ3n) is 2.38. The van der Waals surface area contributed by atoms with E-state index in [0.29, 0.717) is 24.9 Å². The van der Waals surface area contributed by atoms with Crippen molar-refractivity contribution in [2.24, 2.45) is 5.73 Å². The van der Waals surface area contributed by atoms with Gasteiger partial charge in [-0.15, -0.1) is 0 Å². The van der Waals surface area contributed by atoms with Crippen LogP contribution in [0.2, 0.25) is 0 Å². The average Bonchev–Trinajstić information content (AvgIpc) is 2.80. The van der Waals surface area contributed by atoms with Crippen molar-refractivity contribution in [2.45, 2.75) is 13.0 Å². The van der Waals surface area contributed by atoms with E-state index in [9.17, 15) is 0 Å². The molecule has 5 nitrogen and oxygen atoms in total. The maximum atomic E-state index is 5.49. The van der Waals surface area contributed by atoms with Gasteiger partial charge < -0.3 is 15.0 Å². The van der Waals surface area contributed by atoms with E-state index >= 15 is 0 Å². The van der Waals surface area contributed by atoms with Crippen molar-refractivity contribution in [1.29, 1.82) is 0 Å². The van der Waals surface area contributed by atoms with Crippen molar-refractivity contribution in [1.82, 2.24) is 10.1 Å². The molecule has 2 aromatic rings. The van der Waals surface area contributed by atoms with Crippen molar-refractivity contribution in [3.63, 3.8) is 0 Å². The Labute approximate surface area is 99.6 Å². The molecule has 0 amide bonds. The van der Waals surface area contributed by atoms with Crippen LogP contribution in [-0.4, -0.2) is 23.8 Å². The minimum absolute atomic E-state index is 0.356. The first-order valence-corrected chi connectivity index (χ1v) is 5.44. The lowest BCUT2D eigenvalue weighted by atomic mass is 10.1. The first kappa shape index (κ1) is 11.8. The molecule has 0 aliphatic heterocycles. The summed E-state index contributed by atoms with van der Waals surface area (Å²) in [5.41, 5.74) is 7.60. The van der Waals surface area contributed by atoms with Crippen molar-refractivity contribution in [3.05, 3.63) is 35.7 Å². The van der Waals surface area contributed by atoms with Gasteiger partial charge in [-0.1, -0.05) is 17.3 Å². The van der Waals surface area contributed by atoms with Crippen LogP contribution < -0.4 is 5.73 Å². The van der Waals surface area contributed by atoms with E-state index < -0.39 is 0 Å². The number of hydrogen-bond acceptors (Lipinski definition) is 5. The maximum Gasteiger partial charge on any atom is 0.258 e. The number of aromatic nitrogens is 2. The Hall–Kier alpha value is -1.72. The molecule has 5 heteroatoms. The normalized spacial score (nSPS) is 10.7. The van der Waals surface area contributed by atoms with Gasteiger partial charge in [-0.3, -0.25) is 0 Å². The van der Waals surface area contributed by atoms with Gasteiger partial charge in [0.2, 0.25) is 0 Å². The number of ether oxygens (including phenoxy) is 1. The molecule has 0 saturated carbocycles. The Morgan fingerprint density at radius 3 is 2.71 bits per heavy atom. The quantitative estimate of drug-likeness (QED) is 0.844. The van der Waals surface area contributed by atoms with Gasteiger partial charge in [-0.2, -0.15) is 4.98 Å². The molecule has 2 rings (SSSR count). The van der Waals surface area contributed by atoms with E-state index in [0.717, 1.165) is 12.0 Å². The predicted octanol–water partition coefficient (Wildman–Crippen LogP) is 1.38. The second kappa shape index (κ2) is 5.56. The predicted molar refractivity (Wildman–Crippen MR) is 63.2 cm³/mol. The Balaban J connectivity index is 2.15. The van der Waals surface area contributed by atoms with E-state index in [1.807, 2.05) is 24.3 Å². The van der Waals surface area contributed by atoms with Crippen LogP contribution in [0, 0.1) is 0 Å². The molecule has 0 bridgehead atoms. The lowest BCUT2D eigenvalue weighted by Gasteiger charge is -1.98. The first-order chi connectivity index (χ1) is 8.33.